The molecule has 1 N–H and O–H groups in total. The molecule has 0 atom stereocenters. The van der Waals surface area contributed by atoms with Crippen LogP contribution >= 0.6 is 0 Å². The van der Waals surface area contributed by atoms with E-state index < -0.39 is 20.8 Å². The minimum atomic E-state index is -4.42. The Morgan fingerprint density at radius 1 is 0.905 bits per heavy atom. The molecule has 3 rings (SSSR count). The van der Waals surface area contributed by atoms with Crippen molar-refractivity contribution in [3.05, 3.63) is 64.7 Å². The Morgan fingerprint density at radius 3 is 2.19 bits per heavy atom. The summed E-state index contributed by atoms with van der Waals surface area (Å²) in [6, 6.07) is 10.5. The summed E-state index contributed by atoms with van der Waals surface area (Å²) in [7, 11) is -4.42. The Balaban J connectivity index is 0.00000161. The third kappa shape index (κ3) is 2.44. The molecule has 0 amide bonds. The Kier molecular flexibility index (Phi) is 3.85. The van der Waals surface area contributed by atoms with Gasteiger partial charge in [0.25, 0.3) is 10.1 Å². The average molecular weight is 346 g/mol. The molecule has 2 aromatic rings. The number of ketones is 2. The van der Waals surface area contributed by atoms with Gasteiger partial charge in [-0.05, 0) is 12.1 Å². The van der Waals surface area contributed by atoms with Crippen molar-refractivity contribution in [3.8, 4) is 0 Å². The van der Waals surface area contributed by atoms with Crippen molar-refractivity contribution >= 4 is 21.7 Å². The van der Waals surface area contributed by atoms with Crippen molar-refractivity contribution < 1.29 is 39.3 Å². The van der Waals surface area contributed by atoms with Gasteiger partial charge in [0, 0.05) is 27.9 Å². The van der Waals surface area contributed by atoms with Gasteiger partial charge in [-0.2, -0.15) is 32.7 Å². The maximum atomic E-state index is 12.3. The van der Waals surface area contributed by atoms with Gasteiger partial charge in [0.05, 0.1) is 4.90 Å². The summed E-state index contributed by atoms with van der Waals surface area (Å²) >= 11 is 0. The summed E-state index contributed by atoms with van der Waals surface area (Å²) < 4.78 is 31.2. The number of fused-ring (bicyclic) bond motifs is 2. The molecule has 0 saturated heterocycles. The summed E-state index contributed by atoms with van der Waals surface area (Å²) in [5.74, 6) is -0.817. The molecule has 21 heavy (non-hydrogen) atoms. The van der Waals surface area contributed by atoms with Gasteiger partial charge in [0.1, 0.15) is 5.78 Å². The molecule has 0 spiro atoms. The molecule has 0 unspecified atom stereocenters. The quantitative estimate of drug-likeness (QED) is 0.533. The van der Waals surface area contributed by atoms with E-state index in [2.05, 4.69) is 6.07 Å². The molecule has 0 aromatic heterocycles. The fraction of sp³-hybridized carbons (Fsp3) is 0. The molecule has 109 valence electrons. The SMILES string of the molecule is O=C1c2c[c-]ccc2C(=O)c2cc(S(=O)(=O)O)ccc21.[Co]. The standard InChI is InChI=1S/C14H7O5S.Co/c15-13-9-3-1-2-4-10(9)14(16)12-7-8(20(17,18)19)5-6-11(12)13;/h2-7H,(H,17,18,19);/q-1;. The van der Waals surface area contributed by atoms with Crippen LogP contribution in [0.3, 0.4) is 0 Å². The van der Waals surface area contributed by atoms with Crippen molar-refractivity contribution in [3.63, 3.8) is 0 Å². The van der Waals surface area contributed by atoms with Crippen molar-refractivity contribution in [1.82, 2.24) is 0 Å². The minimum absolute atomic E-state index is 0. The summed E-state index contributed by atoms with van der Waals surface area (Å²) in [5, 5.41) is 0. The van der Waals surface area contributed by atoms with Crippen LogP contribution in [0.4, 0.5) is 0 Å². The molecule has 5 nitrogen and oxygen atoms in total. The molecular weight excluding hydrogens is 339 g/mol. The fourth-order valence-electron chi connectivity index (χ4n) is 2.18. The van der Waals surface area contributed by atoms with Gasteiger partial charge in [0.15, 0.2) is 5.78 Å². The summed E-state index contributed by atoms with van der Waals surface area (Å²) in [4.78, 5) is 24.1. The first-order chi connectivity index (χ1) is 9.39. The predicted octanol–water partition coefficient (Wildman–Crippen LogP) is 1.51. The Labute approximate surface area is 130 Å². The van der Waals surface area contributed by atoms with Crippen molar-refractivity contribution in [2.24, 2.45) is 0 Å². The van der Waals surface area contributed by atoms with Crippen LogP contribution in [0.2, 0.25) is 0 Å². The smallest absolute Gasteiger partial charge is 0.294 e. The average Bonchev–Trinajstić information content (AvgIpc) is 2.43. The van der Waals surface area contributed by atoms with Crippen LogP contribution in [0, 0.1) is 6.07 Å². The second kappa shape index (κ2) is 5.19. The zero-order chi connectivity index (χ0) is 14.5. The molecule has 0 saturated carbocycles. The minimum Gasteiger partial charge on any atom is -0.303 e. The molecule has 1 radical (unpaired) electrons. The van der Waals surface area contributed by atoms with Crippen LogP contribution in [0.25, 0.3) is 0 Å². The maximum Gasteiger partial charge on any atom is 0.294 e. The maximum absolute atomic E-state index is 12.3. The Morgan fingerprint density at radius 2 is 1.52 bits per heavy atom. The molecule has 7 heteroatoms. The molecule has 1 aliphatic rings. The predicted molar refractivity (Wildman–Crippen MR) is 68.4 cm³/mol. The van der Waals surface area contributed by atoms with Gasteiger partial charge in [-0.25, -0.2) is 0 Å². The van der Waals surface area contributed by atoms with E-state index in [1.807, 2.05) is 0 Å². The normalized spacial score (nSPS) is 13.2. The molecular formula is C14H7CoO5S-. The largest absolute Gasteiger partial charge is 0.303 e. The summed E-state index contributed by atoms with van der Waals surface area (Å²) in [6.45, 7) is 0. The van der Waals surface area contributed by atoms with Crippen LogP contribution in [-0.4, -0.2) is 24.5 Å². The number of carbonyl (C=O) groups is 2. The van der Waals surface area contributed by atoms with Gasteiger partial charge >= 0.3 is 0 Å². The van der Waals surface area contributed by atoms with Gasteiger partial charge in [-0.15, -0.1) is 0 Å². The zero-order valence-electron chi connectivity index (χ0n) is 10.3. The number of benzene rings is 2. The van der Waals surface area contributed by atoms with Crippen molar-refractivity contribution in [2.45, 2.75) is 4.90 Å². The molecule has 0 bridgehead atoms. The molecule has 1 aliphatic carbocycles. The van der Waals surface area contributed by atoms with E-state index >= 15 is 0 Å². The Hall–Kier alpha value is -1.80. The first-order valence-corrected chi connectivity index (χ1v) is 7.04. The van der Waals surface area contributed by atoms with E-state index in [1.165, 1.54) is 24.3 Å². The van der Waals surface area contributed by atoms with Gasteiger partial charge in [-0.3, -0.25) is 9.35 Å². The van der Waals surface area contributed by atoms with E-state index in [4.69, 9.17) is 4.55 Å². The second-order valence-corrected chi connectivity index (χ2v) is 5.73. The number of carbonyl (C=O) groups excluding carboxylic acids is 2. The van der Waals surface area contributed by atoms with E-state index in [-0.39, 0.29) is 44.8 Å². The molecule has 2 aromatic carbocycles. The van der Waals surface area contributed by atoms with Gasteiger partial charge < -0.3 is 4.79 Å². The first-order valence-electron chi connectivity index (χ1n) is 5.60. The zero-order valence-corrected chi connectivity index (χ0v) is 12.1. The third-order valence-electron chi connectivity index (χ3n) is 3.13. The molecule has 0 aliphatic heterocycles. The van der Waals surface area contributed by atoms with E-state index in [1.54, 1.807) is 0 Å². The van der Waals surface area contributed by atoms with Crippen LogP contribution in [0.5, 0.6) is 0 Å². The molecule has 0 fully saturated rings. The number of hydrogen-bond donors (Lipinski definition) is 1. The Bertz CT molecular complexity index is 871. The summed E-state index contributed by atoms with van der Waals surface area (Å²) in [5.41, 5.74) is 0.539. The monoisotopic (exact) mass is 346 g/mol. The van der Waals surface area contributed by atoms with Crippen molar-refractivity contribution in [2.75, 3.05) is 0 Å². The fourth-order valence-corrected chi connectivity index (χ4v) is 2.68. The van der Waals surface area contributed by atoms with E-state index in [0.717, 1.165) is 12.1 Å². The first kappa shape index (κ1) is 15.6. The number of rotatable bonds is 1. The van der Waals surface area contributed by atoms with Gasteiger partial charge in [0.2, 0.25) is 0 Å². The van der Waals surface area contributed by atoms with Crippen LogP contribution in [-0.2, 0) is 26.9 Å². The van der Waals surface area contributed by atoms with E-state index in [9.17, 15) is 18.0 Å². The topological polar surface area (TPSA) is 88.5 Å². The third-order valence-corrected chi connectivity index (χ3v) is 3.98. The van der Waals surface area contributed by atoms with Gasteiger partial charge in [-0.1, -0.05) is 17.2 Å². The van der Waals surface area contributed by atoms with Crippen LogP contribution < -0.4 is 0 Å². The van der Waals surface area contributed by atoms with E-state index in [0.29, 0.717) is 0 Å². The van der Waals surface area contributed by atoms with Crippen molar-refractivity contribution in [1.29, 1.82) is 0 Å². The summed E-state index contributed by atoms with van der Waals surface area (Å²) in [6.07, 6.45) is 0. The molecule has 0 heterocycles. The number of hydrogen-bond acceptors (Lipinski definition) is 4. The van der Waals surface area contributed by atoms with Crippen LogP contribution in [0.15, 0.2) is 41.3 Å². The van der Waals surface area contributed by atoms with Crippen LogP contribution in [0.1, 0.15) is 31.8 Å². The second-order valence-electron chi connectivity index (χ2n) is 4.31.